The summed E-state index contributed by atoms with van der Waals surface area (Å²) in [4.78, 5) is 38.5. The maximum Gasteiger partial charge on any atom is 0.322 e. The monoisotopic (exact) mass is 630 g/mol. The molecule has 2 fully saturated rings. The minimum Gasteiger partial charge on any atom is -0.480 e. The van der Waals surface area contributed by atoms with Crippen LogP contribution >= 0.6 is 23.2 Å². The number of aryl methyl sites for hydroxylation is 1. The van der Waals surface area contributed by atoms with E-state index in [0.717, 1.165) is 24.0 Å². The molecule has 5 rings (SSSR count). The number of rotatable bonds is 11. The zero-order valence-corrected chi connectivity index (χ0v) is 25.2. The SMILES string of the molecule is Cn1cc(C(=O)NCC(=O)O)c2ccc(N3CCC(F)(COCC(C(=O)C4CC4)=C(N)c4c(Cl)cccc4Cl)CC3)cc21. The van der Waals surface area contributed by atoms with Crippen LogP contribution in [0.4, 0.5) is 10.1 Å². The number of benzene rings is 2. The molecule has 0 unspecified atom stereocenters. The Bertz CT molecular complexity index is 1590. The van der Waals surface area contributed by atoms with E-state index >= 15 is 4.39 Å². The lowest BCUT2D eigenvalue weighted by atomic mass is 9.93. The van der Waals surface area contributed by atoms with Crippen molar-refractivity contribution in [3.63, 3.8) is 0 Å². The van der Waals surface area contributed by atoms with Crippen LogP contribution in [0.25, 0.3) is 16.6 Å². The van der Waals surface area contributed by atoms with E-state index < -0.39 is 24.1 Å². The number of Topliss-reactive ketones (excluding diaryl/α,β-unsaturated/α-hetero) is 1. The zero-order valence-electron chi connectivity index (χ0n) is 23.7. The van der Waals surface area contributed by atoms with Crippen molar-refractivity contribution in [1.82, 2.24) is 9.88 Å². The molecule has 1 amide bonds. The number of carbonyl (C=O) groups excluding carboxylic acids is 2. The number of aromatic nitrogens is 1. The van der Waals surface area contributed by atoms with Crippen LogP contribution in [0.2, 0.25) is 10.0 Å². The van der Waals surface area contributed by atoms with E-state index in [1.165, 1.54) is 0 Å². The minimum absolute atomic E-state index is 0.113. The fraction of sp³-hybridized carbons (Fsp3) is 0.387. The number of carboxylic acid groups (broad SMARTS) is 1. The number of piperidine rings is 1. The molecule has 228 valence electrons. The Kier molecular flexibility index (Phi) is 9.01. The fourth-order valence-electron chi connectivity index (χ4n) is 5.43. The first-order valence-corrected chi connectivity index (χ1v) is 14.8. The molecule has 0 spiro atoms. The molecular formula is C31H33Cl2FN4O5. The highest BCUT2D eigenvalue weighted by Gasteiger charge is 2.37. The number of nitrogens with two attached hydrogens (primary N) is 1. The average Bonchev–Trinajstić information content (AvgIpc) is 3.77. The van der Waals surface area contributed by atoms with Crippen molar-refractivity contribution in [2.24, 2.45) is 18.7 Å². The van der Waals surface area contributed by atoms with Gasteiger partial charge in [0.25, 0.3) is 5.91 Å². The molecule has 0 bridgehead atoms. The number of aliphatic carboxylic acids is 1. The van der Waals surface area contributed by atoms with Gasteiger partial charge in [0.15, 0.2) is 5.78 Å². The van der Waals surface area contributed by atoms with Gasteiger partial charge in [-0.05, 0) is 43.2 Å². The highest BCUT2D eigenvalue weighted by atomic mass is 35.5. The number of halogens is 3. The van der Waals surface area contributed by atoms with Crippen molar-refractivity contribution in [2.45, 2.75) is 31.4 Å². The lowest BCUT2D eigenvalue weighted by Gasteiger charge is -2.37. The molecule has 1 aliphatic heterocycles. The van der Waals surface area contributed by atoms with Crippen LogP contribution in [0.15, 0.2) is 48.2 Å². The molecule has 4 N–H and O–H groups in total. The number of hydrogen-bond acceptors (Lipinski definition) is 6. The van der Waals surface area contributed by atoms with Gasteiger partial charge in [-0.15, -0.1) is 0 Å². The number of ketones is 1. The van der Waals surface area contributed by atoms with Crippen LogP contribution in [0, 0.1) is 5.92 Å². The standard InChI is InChI=1S/C31H33Cl2FN4O5/c1-37-15-21(30(42)36-14-26(39)40)20-8-7-19(13-25(20)37)38-11-9-31(34,10-12-38)17-43-16-22(29(41)18-5-6-18)28(35)27-23(32)3-2-4-24(27)33/h2-4,7-8,13,15,18H,5-6,9-12,14,16-17,35H2,1H3,(H,36,42)(H,39,40). The third-order valence-electron chi connectivity index (χ3n) is 8.05. The summed E-state index contributed by atoms with van der Waals surface area (Å²) in [6, 6.07) is 10.6. The van der Waals surface area contributed by atoms with Crippen molar-refractivity contribution < 1.29 is 28.6 Å². The van der Waals surface area contributed by atoms with Gasteiger partial charge >= 0.3 is 5.97 Å². The molecule has 12 heteroatoms. The molecule has 1 saturated carbocycles. The number of fused-ring (bicyclic) bond motifs is 1. The number of carbonyl (C=O) groups is 3. The predicted octanol–water partition coefficient (Wildman–Crippen LogP) is 4.97. The Morgan fingerprint density at radius 1 is 1.14 bits per heavy atom. The lowest BCUT2D eigenvalue weighted by molar-refractivity contribution is -0.135. The molecule has 0 radical (unpaired) electrons. The molecule has 43 heavy (non-hydrogen) atoms. The van der Waals surface area contributed by atoms with E-state index in [1.807, 2.05) is 25.2 Å². The summed E-state index contributed by atoms with van der Waals surface area (Å²) >= 11 is 12.7. The first-order valence-electron chi connectivity index (χ1n) is 14.1. The van der Waals surface area contributed by atoms with Crippen molar-refractivity contribution in [1.29, 1.82) is 0 Å². The number of alkyl halides is 1. The Balaban J connectivity index is 1.23. The Labute approximate surface area is 258 Å². The second kappa shape index (κ2) is 12.6. The van der Waals surface area contributed by atoms with Gasteiger partial charge in [-0.3, -0.25) is 14.4 Å². The normalized spacial score (nSPS) is 17.1. The molecule has 2 aliphatic rings. The quantitative estimate of drug-likeness (QED) is 0.255. The lowest BCUT2D eigenvalue weighted by Crippen LogP contribution is -2.44. The molecule has 0 atom stereocenters. The van der Waals surface area contributed by atoms with E-state index in [-0.39, 0.29) is 49.0 Å². The number of nitrogens with zero attached hydrogens (tertiary/aromatic N) is 2. The highest BCUT2D eigenvalue weighted by molar-refractivity contribution is 6.37. The van der Waals surface area contributed by atoms with E-state index in [4.69, 9.17) is 38.8 Å². The second-order valence-corrected chi connectivity index (χ2v) is 12.0. The third-order valence-corrected chi connectivity index (χ3v) is 8.68. The molecule has 2 heterocycles. The van der Waals surface area contributed by atoms with E-state index in [0.29, 0.717) is 39.6 Å². The summed E-state index contributed by atoms with van der Waals surface area (Å²) in [5.41, 5.74) is 7.70. The summed E-state index contributed by atoms with van der Waals surface area (Å²) in [6.07, 6.45) is 3.67. The topological polar surface area (TPSA) is 127 Å². The van der Waals surface area contributed by atoms with Crippen molar-refractivity contribution >= 4 is 63.1 Å². The van der Waals surface area contributed by atoms with Crippen LogP contribution in [-0.2, 0) is 21.4 Å². The summed E-state index contributed by atoms with van der Waals surface area (Å²) in [7, 11) is 1.81. The van der Waals surface area contributed by atoms with Gasteiger partial charge in [-0.25, -0.2) is 4.39 Å². The largest absolute Gasteiger partial charge is 0.480 e. The number of hydrogen-bond donors (Lipinski definition) is 3. The van der Waals surface area contributed by atoms with Crippen LogP contribution in [-0.4, -0.2) is 65.9 Å². The first kappa shape index (κ1) is 30.8. The summed E-state index contributed by atoms with van der Waals surface area (Å²) in [5.74, 6) is -1.81. The van der Waals surface area contributed by atoms with Crippen LogP contribution in [0.3, 0.4) is 0 Å². The van der Waals surface area contributed by atoms with Gasteiger partial charge in [0.1, 0.15) is 12.2 Å². The molecule has 2 aromatic carbocycles. The van der Waals surface area contributed by atoms with Crippen LogP contribution < -0.4 is 16.0 Å². The molecule has 1 aliphatic carbocycles. The van der Waals surface area contributed by atoms with Crippen molar-refractivity contribution in [3.8, 4) is 0 Å². The molecular weight excluding hydrogens is 598 g/mol. The minimum atomic E-state index is -1.58. The third kappa shape index (κ3) is 6.82. The number of amides is 1. The highest BCUT2D eigenvalue weighted by Crippen LogP contribution is 2.37. The number of nitrogens with one attached hydrogen (secondary N) is 1. The number of anilines is 1. The zero-order chi connectivity index (χ0) is 30.9. The van der Waals surface area contributed by atoms with Gasteiger partial charge in [0.2, 0.25) is 0 Å². The number of ether oxygens (including phenoxy) is 1. The molecule has 1 aromatic heterocycles. The van der Waals surface area contributed by atoms with Crippen LogP contribution in [0.1, 0.15) is 41.6 Å². The molecule has 1 saturated heterocycles. The van der Waals surface area contributed by atoms with E-state index in [9.17, 15) is 14.4 Å². The molecule has 3 aromatic rings. The fourth-order valence-corrected chi connectivity index (χ4v) is 6.03. The van der Waals surface area contributed by atoms with Crippen LogP contribution in [0.5, 0.6) is 0 Å². The van der Waals surface area contributed by atoms with Gasteiger partial charge in [-0.1, -0.05) is 29.3 Å². The van der Waals surface area contributed by atoms with E-state index in [1.54, 1.807) is 29.0 Å². The number of carboxylic acids is 1. The summed E-state index contributed by atoms with van der Waals surface area (Å²) in [5, 5.41) is 12.6. The molecule has 9 nitrogen and oxygen atoms in total. The average molecular weight is 632 g/mol. The second-order valence-electron chi connectivity index (χ2n) is 11.2. The first-order chi connectivity index (χ1) is 20.5. The Morgan fingerprint density at radius 3 is 2.44 bits per heavy atom. The van der Waals surface area contributed by atoms with Crippen molar-refractivity contribution in [2.75, 3.05) is 37.7 Å². The maximum atomic E-state index is 15.9. The predicted molar refractivity (Wildman–Crippen MR) is 164 cm³/mol. The van der Waals surface area contributed by atoms with Crippen molar-refractivity contribution in [3.05, 3.63) is 69.3 Å². The Morgan fingerprint density at radius 2 is 1.81 bits per heavy atom. The van der Waals surface area contributed by atoms with E-state index in [2.05, 4.69) is 10.2 Å². The Hall–Kier alpha value is -3.60. The van der Waals surface area contributed by atoms with Gasteiger partial charge < -0.3 is 30.4 Å². The summed E-state index contributed by atoms with van der Waals surface area (Å²) < 4.78 is 23.5. The maximum absolute atomic E-state index is 15.9. The summed E-state index contributed by atoms with van der Waals surface area (Å²) in [6.45, 7) is 0.112. The van der Waals surface area contributed by atoms with Gasteiger partial charge in [0, 0.05) is 67.3 Å². The smallest absolute Gasteiger partial charge is 0.322 e. The van der Waals surface area contributed by atoms with Gasteiger partial charge in [0.05, 0.1) is 40.0 Å². The van der Waals surface area contributed by atoms with Gasteiger partial charge in [-0.2, -0.15) is 0 Å².